The Balaban J connectivity index is 1.34. The molecule has 0 saturated heterocycles. The number of hydrogen-bond donors (Lipinski definition) is 0. The Labute approximate surface area is 256 Å². The number of ether oxygens (including phenoxy) is 1. The molecule has 1 fully saturated rings. The second-order valence-corrected chi connectivity index (χ2v) is 11.0. The number of alkyl halides is 3. The second-order valence-electron chi connectivity index (χ2n) is 11.0. The third kappa shape index (κ3) is 6.59. The van der Waals surface area contributed by atoms with Crippen molar-refractivity contribution in [3.63, 3.8) is 0 Å². The molecule has 0 amide bonds. The van der Waals surface area contributed by atoms with Gasteiger partial charge in [0.25, 0.3) is 0 Å². The summed E-state index contributed by atoms with van der Waals surface area (Å²) in [5, 5.41) is 0. The molecule has 232 valence electrons. The first-order valence-corrected chi connectivity index (χ1v) is 14.3. The molecule has 10 nitrogen and oxygen atoms in total. The summed E-state index contributed by atoms with van der Waals surface area (Å²) < 4.78 is 61.0. The Morgan fingerprint density at radius 1 is 0.933 bits per heavy atom. The van der Waals surface area contributed by atoms with E-state index in [0.29, 0.717) is 41.0 Å². The fourth-order valence-electron chi connectivity index (χ4n) is 4.98. The van der Waals surface area contributed by atoms with Crippen molar-refractivity contribution in [2.45, 2.75) is 57.9 Å². The summed E-state index contributed by atoms with van der Waals surface area (Å²) in [5.74, 6) is 1.08. The number of benzene rings is 1. The van der Waals surface area contributed by atoms with Crippen LogP contribution in [0.2, 0.25) is 0 Å². The highest BCUT2D eigenvalue weighted by molar-refractivity contribution is 5.66. The molecule has 4 aromatic heterocycles. The molecule has 1 saturated carbocycles. The van der Waals surface area contributed by atoms with Crippen LogP contribution in [0.25, 0.3) is 22.8 Å². The van der Waals surface area contributed by atoms with Crippen molar-refractivity contribution >= 4 is 5.95 Å². The van der Waals surface area contributed by atoms with Crippen LogP contribution in [0.5, 0.6) is 5.88 Å². The van der Waals surface area contributed by atoms with Gasteiger partial charge in [0, 0.05) is 30.3 Å². The molecular weight excluding hydrogens is 590 g/mol. The molecule has 14 heteroatoms. The van der Waals surface area contributed by atoms with E-state index in [1.165, 1.54) is 30.4 Å². The Hall–Kier alpha value is -5.01. The standard InChI is InChI=1S/C31H29F4N9O/c1-18(2)44-15-24(31(33,34)35)41-28(44)21-6-4-19(5-7-21)13-43(14-23-11-10-22(32)12-36-23)30-40-17-38-27(42-30)25-26(20-8-9-20)37-16-39-29(25)45-3/h4-7,10-12,15-18,20H,8-9,13-14H2,1-3H3. The zero-order valence-corrected chi connectivity index (χ0v) is 24.7. The fraction of sp³-hybridized carbons (Fsp3) is 0.323. The lowest BCUT2D eigenvalue weighted by atomic mass is 10.1. The number of halogens is 4. The number of rotatable bonds is 10. The molecule has 45 heavy (non-hydrogen) atoms. The van der Waals surface area contributed by atoms with Crippen LogP contribution in [-0.2, 0) is 19.3 Å². The van der Waals surface area contributed by atoms with Crippen molar-refractivity contribution < 1.29 is 22.3 Å². The highest BCUT2D eigenvalue weighted by Gasteiger charge is 2.35. The number of anilines is 1. The summed E-state index contributed by atoms with van der Waals surface area (Å²) in [6.45, 7) is 4.13. The number of imidazole rings is 1. The van der Waals surface area contributed by atoms with Gasteiger partial charge in [0.15, 0.2) is 11.5 Å². The molecule has 0 N–H and O–H groups in total. The van der Waals surface area contributed by atoms with E-state index in [1.807, 2.05) is 17.0 Å². The molecule has 0 radical (unpaired) electrons. The van der Waals surface area contributed by atoms with Crippen LogP contribution in [0, 0.1) is 5.82 Å². The molecule has 0 spiro atoms. The summed E-state index contributed by atoms with van der Waals surface area (Å²) in [6, 6.07) is 9.78. The van der Waals surface area contributed by atoms with Crippen molar-refractivity contribution in [2.75, 3.05) is 12.0 Å². The smallest absolute Gasteiger partial charge is 0.434 e. The van der Waals surface area contributed by atoms with E-state index in [4.69, 9.17) is 9.72 Å². The van der Waals surface area contributed by atoms with Gasteiger partial charge in [-0.3, -0.25) is 4.98 Å². The summed E-state index contributed by atoms with van der Waals surface area (Å²) in [6.07, 6.45) is 2.48. The summed E-state index contributed by atoms with van der Waals surface area (Å²) >= 11 is 0. The third-order valence-electron chi connectivity index (χ3n) is 7.37. The van der Waals surface area contributed by atoms with E-state index in [2.05, 4.69) is 29.9 Å². The van der Waals surface area contributed by atoms with Gasteiger partial charge in [0.2, 0.25) is 11.8 Å². The lowest BCUT2D eigenvalue weighted by Gasteiger charge is -2.23. The van der Waals surface area contributed by atoms with E-state index in [1.54, 1.807) is 32.0 Å². The Bertz CT molecular complexity index is 1790. The zero-order chi connectivity index (χ0) is 31.7. The predicted molar refractivity (Wildman–Crippen MR) is 157 cm³/mol. The van der Waals surface area contributed by atoms with E-state index in [-0.39, 0.29) is 24.3 Å². The molecule has 5 aromatic rings. The van der Waals surface area contributed by atoms with Crippen molar-refractivity contribution in [1.82, 2.24) is 39.5 Å². The highest BCUT2D eigenvalue weighted by Crippen LogP contribution is 2.45. The largest absolute Gasteiger partial charge is 0.480 e. The average Bonchev–Trinajstić information content (AvgIpc) is 3.77. The van der Waals surface area contributed by atoms with Gasteiger partial charge >= 0.3 is 6.18 Å². The SMILES string of the molecule is COc1ncnc(C2CC2)c1-c1ncnc(N(Cc2ccc(-c3nc(C(F)(F)F)cn3C(C)C)cc2)Cc2ccc(F)cn2)n1. The monoisotopic (exact) mass is 619 g/mol. The van der Waals surface area contributed by atoms with Crippen molar-refractivity contribution in [1.29, 1.82) is 0 Å². The van der Waals surface area contributed by atoms with Crippen LogP contribution in [0.15, 0.2) is 61.4 Å². The maximum absolute atomic E-state index is 13.6. The van der Waals surface area contributed by atoms with Crippen LogP contribution >= 0.6 is 0 Å². The summed E-state index contributed by atoms with van der Waals surface area (Å²) in [4.78, 5) is 32.3. The van der Waals surface area contributed by atoms with Crippen molar-refractivity contribution in [3.05, 3.63) is 89.9 Å². The molecular formula is C31H29F4N9O. The van der Waals surface area contributed by atoms with Crippen LogP contribution in [0.4, 0.5) is 23.5 Å². The number of hydrogen-bond acceptors (Lipinski definition) is 9. The maximum Gasteiger partial charge on any atom is 0.434 e. The number of pyridine rings is 1. The highest BCUT2D eigenvalue weighted by atomic mass is 19.4. The van der Waals surface area contributed by atoms with Crippen molar-refractivity contribution in [3.8, 4) is 28.7 Å². The lowest BCUT2D eigenvalue weighted by molar-refractivity contribution is -0.140. The molecule has 1 aliphatic rings. The zero-order valence-electron chi connectivity index (χ0n) is 24.7. The minimum absolute atomic E-state index is 0.226. The van der Waals surface area contributed by atoms with Gasteiger partial charge in [-0.25, -0.2) is 29.3 Å². The first kappa shape index (κ1) is 30.0. The van der Waals surface area contributed by atoms with Gasteiger partial charge in [0.05, 0.1) is 31.2 Å². The molecule has 0 unspecified atom stereocenters. The first-order chi connectivity index (χ1) is 21.6. The third-order valence-corrected chi connectivity index (χ3v) is 7.37. The molecule has 1 aliphatic carbocycles. The summed E-state index contributed by atoms with van der Waals surface area (Å²) in [5.41, 5.74) is 2.42. The summed E-state index contributed by atoms with van der Waals surface area (Å²) in [7, 11) is 1.53. The Kier molecular flexibility index (Phi) is 8.12. The molecule has 6 rings (SSSR count). The van der Waals surface area contributed by atoms with E-state index in [9.17, 15) is 17.6 Å². The van der Waals surface area contributed by atoms with Crippen LogP contribution in [0.3, 0.4) is 0 Å². The lowest BCUT2D eigenvalue weighted by Crippen LogP contribution is -2.25. The van der Waals surface area contributed by atoms with Crippen molar-refractivity contribution in [2.24, 2.45) is 0 Å². The first-order valence-electron chi connectivity index (χ1n) is 14.3. The van der Waals surface area contributed by atoms with E-state index < -0.39 is 17.7 Å². The predicted octanol–water partition coefficient (Wildman–Crippen LogP) is 6.42. The van der Waals surface area contributed by atoms with Gasteiger partial charge in [-0.2, -0.15) is 18.2 Å². The minimum Gasteiger partial charge on any atom is -0.480 e. The number of nitrogens with zero attached hydrogens (tertiary/aromatic N) is 9. The van der Waals surface area contributed by atoms with Crippen LogP contribution < -0.4 is 9.64 Å². The van der Waals surface area contributed by atoms with E-state index >= 15 is 0 Å². The van der Waals surface area contributed by atoms with Gasteiger partial charge in [-0.1, -0.05) is 24.3 Å². The van der Waals surface area contributed by atoms with Gasteiger partial charge in [-0.05, 0) is 44.4 Å². The van der Waals surface area contributed by atoms with E-state index in [0.717, 1.165) is 36.5 Å². The molecule has 4 heterocycles. The van der Waals surface area contributed by atoms with Gasteiger partial charge in [0.1, 0.15) is 29.9 Å². The van der Waals surface area contributed by atoms with Crippen LogP contribution in [-0.4, -0.2) is 46.6 Å². The fourth-order valence-corrected chi connectivity index (χ4v) is 4.98. The molecule has 1 aromatic carbocycles. The molecule has 0 atom stereocenters. The molecule has 0 bridgehead atoms. The Morgan fingerprint density at radius 3 is 2.33 bits per heavy atom. The topological polar surface area (TPSA) is 108 Å². The van der Waals surface area contributed by atoms with Gasteiger partial charge in [-0.15, -0.1) is 0 Å². The second kappa shape index (κ2) is 12.2. The maximum atomic E-state index is 13.6. The number of aromatic nitrogens is 8. The van der Waals surface area contributed by atoms with Gasteiger partial charge < -0.3 is 14.2 Å². The normalized spacial score (nSPS) is 13.3. The number of methoxy groups -OCH3 is 1. The molecule has 0 aliphatic heterocycles. The quantitative estimate of drug-likeness (QED) is 0.164. The Morgan fingerprint density at radius 2 is 1.69 bits per heavy atom. The van der Waals surface area contributed by atoms with Crippen LogP contribution in [0.1, 0.15) is 61.3 Å². The average molecular weight is 620 g/mol. The minimum atomic E-state index is -4.55.